The number of hydrogen-bond donors (Lipinski definition) is 15. The number of benzene rings is 6. The number of carboxylic acids is 1. The van der Waals surface area contributed by atoms with Crippen LogP contribution in [0.5, 0.6) is 0 Å². The number of carboxylic acid groups (broad SMARTS) is 1. The molecule has 0 radical (unpaired) electrons. The zero-order valence-electron chi connectivity index (χ0n) is 49.6. The molecule has 0 saturated heterocycles. The smallest absolute Gasteiger partial charge is 0.326 e. The predicted octanol–water partition coefficient (Wildman–Crippen LogP) is -1.81. The Labute approximate surface area is 525 Å². The van der Waals surface area contributed by atoms with Gasteiger partial charge in [-0.25, -0.2) is 4.79 Å². The van der Waals surface area contributed by atoms with Gasteiger partial charge in [0.25, 0.3) is 0 Å². The number of aliphatic carboxylic acids is 1. The zero-order chi connectivity index (χ0) is 65.7. The van der Waals surface area contributed by atoms with Gasteiger partial charge in [-0.2, -0.15) is 0 Å². The number of hydrogen-bond acceptors (Lipinski definition) is 15. The van der Waals surface area contributed by atoms with E-state index in [1.165, 1.54) is 0 Å². The third-order valence-electron chi connectivity index (χ3n) is 14.5. The fourth-order valence-corrected chi connectivity index (χ4v) is 9.47. The van der Waals surface area contributed by atoms with E-state index in [0.717, 1.165) is 0 Å². The average molecular weight is 1250 g/mol. The van der Waals surface area contributed by atoms with Gasteiger partial charge in [0.15, 0.2) is 0 Å². The predicted molar refractivity (Wildman–Crippen MR) is 332 cm³/mol. The molecule has 25 heteroatoms. The molecular formula is C66H76N10O15. The highest BCUT2D eigenvalue weighted by Gasteiger charge is 2.36. The molecule has 0 heterocycles. The summed E-state index contributed by atoms with van der Waals surface area (Å²) in [5.41, 5.74) is 8.91. The lowest BCUT2D eigenvalue weighted by molar-refractivity contribution is -0.142. The average Bonchev–Trinajstić information content (AvgIpc) is 1.78. The Kier molecular flexibility index (Phi) is 27.9. The largest absolute Gasteiger partial charge is 0.480 e. The Hall–Kier alpha value is -10.2. The minimum absolute atomic E-state index is 0.0684. The van der Waals surface area contributed by atoms with Crippen LogP contribution in [-0.4, -0.2) is 172 Å². The summed E-state index contributed by atoms with van der Waals surface area (Å²) in [5.74, 6) is -10.2. The summed E-state index contributed by atoms with van der Waals surface area (Å²) in [4.78, 5) is 139. The van der Waals surface area contributed by atoms with Gasteiger partial charge in [-0.1, -0.05) is 182 Å². The number of aliphatic hydroxyl groups is 4. The molecule has 0 aliphatic rings. The molecule has 6 rings (SSSR count). The van der Waals surface area contributed by atoms with E-state index in [4.69, 9.17) is 5.73 Å². The van der Waals surface area contributed by atoms with E-state index in [0.29, 0.717) is 33.4 Å². The second kappa shape index (κ2) is 36.3. The van der Waals surface area contributed by atoms with Crippen molar-refractivity contribution >= 4 is 59.1 Å². The van der Waals surface area contributed by atoms with E-state index >= 15 is 0 Å². The molecule has 91 heavy (non-hydrogen) atoms. The van der Waals surface area contributed by atoms with E-state index in [9.17, 15) is 73.5 Å². The SMILES string of the molecule is N[C@@H](CO)C(=O)N[C@@H](CO)C(=O)N[C@@H](CO)C(=O)N[C@@H](Cc1ccccc1)C(=O)N[C@@H](Cc1ccccc1)C(=O)N[C@@H](CO)C(=O)N[C@@H](Cc1ccccc1)C(=O)N[C@@H](Cc1ccccc1)C(=O)N[C@@H](Cc1ccccc1)C(=O)N[C@@H](Cc1ccccc1)C(=O)O. The number of carbonyl (C=O) groups excluding carboxylic acids is 9. The Morgan fingerprint density at radius 3 is 0.604 bits per heavy atom. The van der Waals surface area contributed by atoms with Crippen LogP contribution in [0.25, 0.3) is 0 Å². The number of rotatable bonds is 35. The maximum Gasteiger partial charge on any atom is 0.326 e. The number of aliphatic hydroxyl groups excluding tert-OH is 4. The molecule has 10 atom stereocenters. The second-order valence-corrected chi connectivity index (χ2v) is 21.4. The zero-order valence-corrected chi connectivity index (χ0v) is 49.6. The number of carbonyl (C=O) groups is 10. The lowest BCUT2D eigenvalue weighted by Gasteiger charge is -2.28. The first-order valence-corrected chi connectivity index (χ1v) is 29.3. The molecule has 6 aromatic rings. The Balaban J connectivity index is 1.24. The van der Waals surface area contributed by atoms with E-state index in [2.05, 4.69) is 47.9 Å². The Morgan fingerprint density at radius 2 is 0.418 bits per heavy atom. The van der Waals surface area contributed by atoms with Crippen LogP contribution in [0.1, 0.15) is 33.4 Å². The van der Waals surface area contributed by atoms with Gasteiger partial charge in [0, 0.05) is 38.5 Å². The van der Waals surface area contributed by atoms with Crippen LogP contribution in [-0.2, 0) is 86.5 Å². The summed E-state index contributed by atoms with van der Waals surface area (Å²) < 4.78 is 0. The first kappa shape index (κ1) is 69.9. The van der Waals surface area contributed by atoms with Crippen LogP contribution >= 0.6 is 0 Å². The van der Waals surface area contributed by atoms with Gasteiger partial charge in [0.1, 0.15) is 60.4 Å². The van der Waals surface area contributed by atoms with Crippen molar-refractivity contribution < 1.29 is 73.5 Å². The van der Waals surface area contributed by atoms with Crippen LogP contribution < -0.4 is 53.6 Å². The first-order chi connectivity index (χ1) is 43.9. The van der Waals surface area contributed by atoms with E-state index < -0.39 is 146 Å². The van der Waals surface area contributed by atoms with Crippen molar-refractivity contribution in [3.8, 4) is 0 Å². The minimum Gasteiger partial charge on any atom is -0.480 e. The van der Waals surface area contributed by atoms with E-state index in [1.54, 1.807) is 182 Å². The molecule has 0 aliphatic carbocycles. The van der Waals surface area contributed by atoms with Gasteiger partial charge in [-0.3, -0.25) is 43.2 Å². The summed E-state index contributed by atoms with van der Waals surface area (Å²) in [6, 6.07) is 35.5. The molecular weight excluding hydrogens is 1170 g/mol. The second-order valence-electron chi connectivity index (χ2n) is 21.4. The summed E-state index contributed by atoms with van der Waals surface area (Å²) >= 11 is 0. The molecule has 0 aromatic heterocycles. The molecule has 480 valence electrons. The highest BCUT2D eigenvalue weighted by Crippen LogP contribution is 2.13. The lowest BCUT2D eigenvalue weighted by Crippen LogP contribution is -2.62. The molecule has 0 unspecified atom stereocenters. The first-order valence-electron chi connectivity index (χ1n) is 29.3. The standard InChI is InChI=1S/C66H76N10O15/c67-47(37-77)57(81)74-54(38-78)65(89)76-56(40-80)64(88)72-50(33-43-23-11-3-12-24-43)60(84)70-52(35-45-27-15-5-16-28-45)62(86)75-55(39-79)63(87)71-49(32-42-21-9-2-10-22-42)59(83)68-48(31-41-19-7-1-8-20-41)58(82)69-51(34-44-25-13-4-14-26-44)61(85)73-53(66(90)91)36-46-29-17-6-18-30-46/h1-30,47-56,77-80H,31-40,67H2,(H,68,83)(H,69,82)(H,70,84)(H,71,87)(H,72,88)(H,73,85)(H,74,81)(H,75,86)(H,76,89)(H,90,91)/t47-,48-,49-,50-,51-,52-,53-,54-,55-,56-/m0/s1. The van der Waals surface area contributed by atoms with Crippen LogP contribution in [0.4, 0.5) is 0 Å². The number of nitrogens with two attached hydrogens (primary N) is 1. The van der Waals surface area contributed by atoms with Crippen LogP contribution in [0.15, 0.2) is 182 Å². The monoisotopic (exact) mass is 1250 g/mol. The Bertz CT molecular complexity index is 3340. The van der Waals surface area contributed by atoms with E-state index in [1.807, 2.05) is 0 Å². The minimum atomic E-state index is -1.80. The maximum absolute atomic E-state index is 14.8. The van der Waals surface area contributed by atoms with Crippen LogP contribution in [0.2, 0.25) is 0 Å². The quantitative estimate of drug-likeness (QED) is 0.0208. The third kappa shape index (κ3) is 22.7. The molecule has 0 spiro atoms. The van der Waals surface area contributed by atoms with Gasteiger partial charge in [0.05, 0.1) is 26.4 Å². The normalized spacial score (nSPS) is 14.3. The molecule has 25 nitrogen and oxygen atoms in total. The summed E-state index contributed by atoms with van der Waals surface area (Å²) in [5, 5.41) is 73.0. The van der Waals surface area contributed by atoms with Crippen molar-refractivity contribution in [2.45, 2.75) is 98.9 Å². The fourth-order valence-electron chi connectivity index (χ4n) is 9.47. The van der Waals surface area contributed by atoms with Crippen molar-refractivity contribution in [1.29, 1.82) is 0 Å². The highest BCUT2D eigenvalue weighted by atomic mass is 16.4. The Morgan fingerprint density at radius 1 is 0.253 bits per heavy atom. The summed E-state index contributed by atoms with van der Waals surface area (Å²) in [6.07, 6.45) is -0.924. The fraction of sp³-hybridized carbons (Fsp3) is 0.303. The van der Waals surface area contributed by atoms with Gasteiger partial charge in [-0.15, -0.1) is 0 Å². The molecule has 6 aromatic carbocycles. The summed E-state index contributed by atoms with van der Waals surface area (Å²) in [6.45, 7) is -3.85. The van der Waals surface area contributed by atoms with Gasteiger partial charge in [0.2, 0.25) is 53.2 Å². The number of amides is 9. The molecule has 0 saturated carbocycles. The van der Waals surface area contributed by atoms with Crippen molar-refractivity contribution in [3.05, 3.63) is 215 Å². The molecule has 0 bridgehead atoms. The van der Waals surface area contributed by atoms with Crippen molar-refractivity contribution in [1.82, 2.24) is 47.9 Å². The third-order valence-corrected chi connectivity index (χ3v) is 14.5. The van der Waals surface area contributed by atoms with Crippen molar-refractivity contribution in [3.63, 3.8) is 0 Å². The molecule has 16 N–H and O–H groups in total. The number of nitrogens with one attached hydrogen (secondary N) is 9. The van der Waals surface area contributed by atoms with Crippen LogP contribution in [0.3, 0.4) is 0 Å². The van der Waals surface area contributed by atoms with E-state index in [-0.39, 0.29) is 38.5 Å². The molecule has 9 amide bonds. The van der Waals surface area contributed by atoms with Crippen molar-refractivity contribution in [2.75, 3.05) is 26.4 Å². The molecule has 0 fully saturated rings. The van der Waals surface area contributed by atoms with Crippen molar-refractivity contribution in [2.24, 2.45) is 5.73 Å². The highest BCUT2D eigenvalue weighted by molar-refractivity contribution is 5.99. The van der Waals surface area contributed by atoms with Crippen LogP contribution in [0, 0.1) is 0 Å². The maximum atomic E-state index is 14.8. The molecule has 0 aliphatic heterocycles. The van der Waals surface area contributed by atoms with Gasteiger partial charge >= 0.3 is 5.97 Å². The topological polar surface area (TPSA) is 406 Å². The lowest BCUT2D eigenvalue weighted by atomic mass is 10.00. The van der Waals surface area contributed by atoms with Gasteiger partial charge < -0.3 is 79.1 Å². The van der Waals surface area contributed by atoms with Gasteiger partial charge in [-0.05, 0) is 33.4 Å². The summed E-state index contributed by atoms with van der Waals surface area (Å²) in [7, 11) is 0.